The molecule has 0 bridgehead atoms. The lowest BCUT2D eigenvalue weighted by Crippen LogP contribution is -2.54. The zero-order valence-corrected chi connectivity index (χ0v) is 31.9. The average Bonchev–Trinajstić information content (AvgIpc) is 3.50. The topological polar surface area (TPSA) is 134 Å². The summed E-state index contributed by atoms with van der Waals surface area (Å²) in [6, 6.07) is 21.4. The Bertz CT molecular complexity index is 2600. The number of allylic oxidation sites excluding steroid dienone is 1. The molecule has 58 heavy (non-hydrogen) atoms. The molecule has 4 aromatic carbocycles. The SMILES string of the molecule is [2H]C1([2H])N(CC2CCN(c3ccc(C(=C(CCCl)c4ccc(O)cc4)c4ccc(O)cc4)cc3)CC2)C([2H])([2H])C([2H])([2H])N(c2cc3c(cc2F)C(=O)N(C2CCC(=O)NC2=O)C3=O)C1([2H])[2H]. The molecule has 3 fully saturated rings. The third-order valence-corrected chi connectivity index (χ3v) is 11.1. The Morgan fingerprint density at radius 2 is 1.33 bits per heavy atom. The summed E-state index contributed by atoms with van der Waals surface area (Å²) in [5.74, 6) is -5.02. The van der Waals surface area contributed by atoms with Crippen LogP contribution >= 0.6 is 11.6 Å². The summed E-state index contributed by atoms with van der Waals surface area (Å²) < 4.78 is 88.3. The number of anilines is 2. The Hall–Kier alpha value is -5.72. The van der Waals surface area contributed by atoms with Crippen molar-refractivity contribution in [1.29, 1.82) is 0 Å². The van der Waals surface area contributed by atoms with Gasteiger partial charge >= 0.3 is 0 Å². The molecule has 4 aliphatic rings. The minimum Gasteiger partial charge on any atom is -0.508 e. The lowest BCUT2D eigenvalue weighted by atomic mass is 9.88. The molecule has 0 radical (unpaired) electrons. The lowest BCUT2D eigenvalue weighted by Gasteiger charge is -2.40. The van der Waals surface area contributed by atoms with E-state index in [0.717, 1.165) is 33.5 Å². The van der Waals surface area contributed by atoms with Gasteiger partial charge in [-0.1, -0.05) is 36.4 Å². The minimum absolute atomic E-state index is 0.0103. The zero-order chi connectivity index (χ0) is 47.7. The van der Waals surface area contributed by atoms with Crippen LogP contribution in [0.25, 0.3) is 11.1 Å². The number of aromatic hydroxyl groups is 2. The molecule has 4 heterocycles. The fourth-order valence-electron chi connectivity index (χ4n) is 7.92. The van der Waals surface area contributed by atoms with Gasteiger partial charge in [0.15, 0.2) is 0 Å². The standard InChI is InChI=1S/C45H45ClFN5O6/c46-18-15-35(29-3-9-33(53)10-4-29)42(31-5-11-34(54)12-6-31)30-1-7-32(8-2-30)50-19-16-28(17-20-50)27-49-21-23-51(24-22-49)40-26-37-36(25-38(40)47)44(57)52(45(37)58)39-13-14-41(55)48-43(39)56/h1-12,25-26,28,39,53-54H,13-24,27H2,(H,48,55,56)/i21D2,22D2,23D2,24D2. The van der Waals surface area contributed by atoms with Crippen molar-refractivity contribution in [2.24, 2.45) is 5.92 Å². The number of carbonyl (C=O) groups excluding carboxylic acids is 4. The normalized spacial score (nSPS) is 25.2. The van der Waals surface area contributed by atoms with Crippen LogP contribution in [-0.2, 0) is 9.59 Å². The molecule has 300 valence electrons. The van der Waals surface area contributed by atoms with E-state index in [0.29, 0.717) is 60.2 Å². The van der Waals surface area contributed by atoms with E-state index in [-0.39, 0.29) is 29.2 Å². The zero-order valence-electron chi connectivity index (χ0n) is 39.2. The fourth-order valence-corrected chi connectivity index (χ4v) is 8.11. The van der Waals surface area contributed by atoms with Gasteiger partial charge in [0.05, 0.1) is 22.3 Å². The number of piperidine rings is 2. The monoisotopic (exact) mass is 813 g/mol. The summed E-state index contributed by atoms with van der Waals surface area (Å²) in [4.78, 5) is 54.4. The molecule has 4 amide bonds. The molecule has 0 saturated carbocycles. The molecule has 3 N–H and O–H groups in total. The number of hydrogen-bond acceptors (Lipinski definition) is 9. The van der Waals surface area contributed by atoms with E-state index in [1.807, 2.05) is 53.8 Å². The van der Waals surface area contributed by atoms with E-state index in [1.165, 1.54) is 0 Å². The number of carbonyl (C=O) groups is 4. The van der Waals surface area contributed by atoms with Crippen molar-refractivity contribution in [3.05, 3.63) is 119 Å². The van der Waals surface area contributed by atoms with Crippen molar-refractivity contribution in [2.45, 2.75) is 38.1 Å². The van der Waals surface area contributed by atoms with Crippen molar-refractivity contribution in [2.75, 3.05) is 61.3 Å². The van der Waals surface area contributed by atoms with Gasteiger partial charge in [0.25, 0.3) is 11.8 Å². The summed E-state index contributed by atoms with van der Waals surface area (Å²) in [5, 5.41) is 22.1. The number of piperazine rings is 1. The number of hydrogen-bond donors (Lipinski definition) is 3. The Morgan fingerprint density at radius 3 is 1.91 bits per heavy atom. The smallest absolute Gasteiger partial charge is 0.262 e. The van der Waals surface area contributed by atoms with Crippen LogP contribution in [0.2, 0.25) is 0 Å². The number of nitrogens with one attached hydrogen (secondary N) is 1. The Balaban J connectivity index is 1.01. The Labute approximate surface area is 352 Å². The van der Waals surface area contributed by atoms with Gasteiger partial charge in [-0.3, -0.25) is 34.3 Å². The number of imide groups is 2. The molecule has 0 aromatic heterocycles. The predicted octanol–water partition coefficient (Wildman–Crippen LogP) is 6.26. The third-order valence-electron chi connectivity index (χ3n) is 10.9. The summed E-state index contributed by atoms with van der Waals surface area (Å²) in [6.45, 7) is -13.1. The van der Waals surface area contributed by atoms with Crippen LogP contribution in [0.3, 0.4) is 0 Å². The van der Waals surface area contributed by atoms with E-state index in [1.54, 1.807) is 24.3 Å². The number of nitrogens with zero attached hydrogens (tertiary/aromatic N) is 4. The first kappa shape index (κ1) is 30.4. The molecule has 11 nitrogen and oxygen atoms in total. The van der Waals surface area contributed by atoms with Gasteiger partial charge in [-0.05, 0) is 108 Å². The average molecular weight is 814 g/mol. The van der Waals surface area contributed by atoms with Crippen molar-refractivity contribution in [1.82, 2.24) is 15.1 Å². The highest BCUT2D eigenvalue weighted by Crippen LogP contribution is 2.38. The molecule has 0 aliphatic carbocycles. The molecule has 3 saturated heterocycles. The van der Waals surface area contributed by atoms with Crippen molar-refractivity contribution in [3.63, 3.8) is 0 Å². The highest BCUT2D eigenvalue weighted by molar-refractivity contribution is 6.24. The first-order chi connectivity index (χ1) is 31.1. The van der Waals surface area contributed by atoms with E-state index in [9.17, 15) is 29.4 Å². The summed E-state index contributed by atoms with van der Waals surface area (Å²) in [6.07, 6.45) is 0.923. The van der Waals surface area contributed by atoms with E-state index >= 15 is 4.39 Å². The van der Waals surface area contributed by atoms with E-state index < -0.39 is 90.8 Å². The van der Waals surface area contributed by atoms with E-state index in [2.05, 4.69) is 4.90 Å². The summed E-state index contributed by atoms with van der Waals surface area (Å²) >= 11 is 6.31. The van der Waals surface area contributed by atoms with Crippen LogP contribution in [0.4, 0.5) is 15.8 Å². The fraction of sp³-hybridized carbons (Fsp3) is 0.333. The van der Waals surface area contributed by atoms with Gasteiger partial charge in [-0.25, -0.2) is 4.39 Å². The van der Waals surface area contributed by atoms with Crippen LogP contribution in [-0.4, -0.2) is 101 Å². The van der Waals surface area contributed by atoms with Gasteiger partial charge < -0.3 is 20.0 Å². The maximum Gasteiger partial charge on any atom is 0.262 e. The summed E-state index contributed by atoms with van der Waals surface area (Å²) in [5.41, 5.74) is 3.20. The second kappa shape index (κ2) is 16.6. The predicted molar refractivity (Wildman–Crippen MR) is 221 cm³/mol. The molecule has 4 aromatic rings. The number of phenolic OH excluding ortho intramolecular Hbond substituents is 2. The first-order valence-corrected chi connectivity index (χ1v) is 19.5. The maximum atomic E-state index is 16.1. The van der Waals surface area contributed by atoms with Crippen LogP contribution in [0.1, 0.15) is 80.5 Å². The number of rotatable bonds is 10. The molecule has 1 atom stereocenters. The number of alkyl halides is 1. The number of benzene rings is 4. The second-order valence-corrected chi connectivity index (χ2v) is 14.9. The van der Waals surface area contributed by atoms with Gasteiger partial charge in [-0.2, -0.15) is 0 Å². The lowest BCUT2D eigenvalue weighted by molar-refractivity contribution is -0.136. The Morgan fingerprint density at radius 1 is 0.759 bits per heavy atom. The highest BCUT2D eigenvalue weighted by Gasteiger charge is 2.45. The van der Waals surface area contributed by atoms with Gasteiger partial charge in [0.1, 0.15) is 23.4 Å². The quantitative estimate of drug-likeness (QED) is 0.0964. The van der Waals surface area contributed by atoms with Gasteiger partial charge in [0.2, 0.25) is 11.8 Å². The van der Waals surface area contributed by atoms with Crippen molar-refractivity contribution in [3.8, 4) is 11.5 Å². The van der Waals surface area contributed by atoms with Crippen molar-refractivity contribution < 1.29 is 44.7 Å². The third kappa shape index (κ3) is 7.91. The van der Waals surface area contributed by atoms with Crippen LogP contribution in [0.5, 0.6) is 11.5 Å². The largest absolute Gasteiger partial charge is 0.508 e. The van der Waals surface area contributed by atoms with Crippen LogP contribution in [0, 0.1) is 11.7 Å². The molecule has 13 heteroatoms. The van der Waals surface area contributed by atoms with Gasteiger partial charge in [-0.15, -0.1) is 11.6 Å². The molecule has 0 spiro atoms. The highest BCUT2D eigenvalue weighted by atomic mass is 35.5. The van der Waals surface area contributed by atoms with Crippen LogP contribution < -0.4 is 15.1 Å². The number of halogens is 2. The number of phenols is 2. The first-order valence-electron chi connectivity index (χ1n) is 23.0. The van der Waals surface area contributed by atoms with Crippen molar-refractivity contribution >= 4 is 57.8 Å². The maximum absolute atomic E-state index is 16.1. The second-order valence-electron chi connectivity index (χ2n) is 14.6. The minimum atomic E-state index is -3.48. The number of amides is 4. The molecule has 4 aliphatic heterocycles. The molecular formula is C45H45ClFN5O6. The molecule has 8 rings (SSSR count). The van der Waals surface area contributed by atoms with Crippen LogP contribution in [0.15, 0.2) is 84.9 Å². The number of fused-ring (bicyclic) bond motifs is 1. The molecular weight excluding hydrogens is 761 g/mol. The van der Waals surface area contributed by atoms with Gasteiger partial charge in [0, 0.05) is 69.1 Å². The molecule has 1 unspecified atom stereocenters. The summed E-state index contributed by atoms with van der Waals surface area (Å²) in [7, 11) is 0. The Kier molecular flexibility index (Phi) is 8.71. The van der Waals surface area contributed by atoms with E-state index in [4.69, 9.17) is 22.6 Å².